The summed E-state index contributed by atoms with van der Waals surface area (Å²) in [6.07, 6.45) is 2.37. The summed E-state index contributed by atoms with van der Waals surface area (Å²) in [6, 6.07) is 4.69. The summed E-state index contributed by atoms with van der Waals surface area (Å²) in [4.78, 5) is 4.56. The first-order chi connectivity index (χ1) is 12.5. The lowest BCUT2D eigenvalue weighted by molar-refractivity contribution is -0.137. The molecule has 3 aliphatic heterocycles. The van der Waals surface area contributed by atoms with Gasteiger partial charge in [0, 0.05) is 30.9 Å². The summed E-state index contributed by atoms with van der Waals surface area (Å²) < 4.78 is 40.4. The number of piperidine rings is 1. The molecule has 1 aromatic carbocycles. The highest BCUT2D eigenvalue weighted by Gasteiger charge is 2.41. The number of nitrogens with one attached hydrogen (secondary N) is 1. The topological polar surface area (TPSA) is 18.5 Å². The van der Waals surface area contributed by atoms with Gasteiger partial charge in [0.15, 0.2) is 0 Å². The molecule has 0 radical (unpaired) electrons. The van der Waals surface area contributed by atoms with Crippen molar-refractivity contribution >= 4 is 5.69 Å². The zero-order valence-electron chi connectivity index (χ0n) is 15.2. The first kappa shape index (κ1) is 18.1. The number of hydrogen-bond acceptors (Lipinski definition) is 3. The van der Waals surface area contributed by atoms with Crippen molar-refractivity contribution < 1.29 is 13.2 Å². The standard InChI is InChI=1S/C20H28F3N3/c21-20(22,23)17-12-16(13-18(14-17)25-9-1-2-10-25)15-26-11-3-4-19(26)5-7-24-8-6-19/h12-14,24H,1-11,15H2. The average Bonchev–Trinajstić information content (AvgIpc) is 3.26. The molecule has 6 heteroatoms. The summed E-state index contributed by atoms with van der Waals surface area (Å²) in [5.74, 6) is 0. The quantitative estimate of drug-likeness (QED) is 0.870. The van der Waals surface area contributed by atoms with E-state index < -0.39 is 11.7 Å². The Morgan fingerprint density at radius 1 is 0.923 bits per heavy atom. The molecule has 3 aliphatic rings. The van der Waals surface area contributed by atoms with Crippen LogP contribution in [0.1, 0.15) is 49.7 Å². The van der Waals surface area contributed by atoms with Crippen LogP contribution in [0, 0.1) is 0 Å². The Balaban J connectivity index is 1.61. The van der Waals surface area contributed by atoms with E-state index in [-0.39, 0.29) is 5.54 Å². The minimum atomic E-state index is -4.29. The molecule has 0 aromatic heterocycles. The van der Waals surface area contributed by atoms with E-state index in [0.717, 1.165) is 76.1 Å². The van der Waals surface area contributed by atoms with Gasteiger partial charge in [0.2, 0.25) is 0 Å². The fourth-order valence-corrected chi connectivity index (χ4v) is 5.01. The molecule has 0 atom stereocenters. The molecule has 4 rings (SSSR count). The zero-order valence-corrected chi connectivity index (χ0v) is 15.2. The van der Waals surface area contributed by atoms with Gasteiger partial charge in [-0.25, -0.2) is 0 Å². The molecule has 1 N–H and O–H groups in total. The summed E-state index contributed by atoms with van der Waals surface area (Å²) >= 11 is 0. The van der Waals surface area contributed by atoms with E-state index in [0.29, 0.717) is 6.54 Å². The second-order valence-corrected chi connectivity index (χ2v) is 8.08. The normalized spacial score (nSPS) is 23.9. The number of rotatable bonds is 3. The molecule has 3 saturated heterocycles. The molecule has 1 aromatic rings. The minimum absolute atomic E-state index is 0.188. The summed E-state index contributed by atoms with van der Waals surface area (Å²) in [7, 11) is 0. The van der Waals surface area contributed by atoms with Crippen LogP contribution in [0.3, 0.4) is 0 Å². The van der Waals surface area contributed by atoms with E-state index in [4.69, 9.17) is 0 Å². The fraction of sp³-hybridized carbons (Fsp3) is 0.700. The SMILES string of the molecule is FC(F)(F)c1cc(CN2CCCC23CCNCC3)cc(N2CCCC2)c1. The van der Waals surface area contributed by atoms with Gasteiger partial charge < -0.3 is 10.2 Å². The number of halogens is 3. The predicted molar refractivity (Wildman–Crippen MR) is 97.4 cm³/mol. The summed E-state index contributed by atoms with van der Waals surface area (Å²) in [6.45, 7) is 5.37. The highest BCUT2D eigenvalue weighted by molar-refractivity contribution is 5.52. The van der Waals surface area contributed by atoms with Crippen LogP contribution in [0.25, 0.3) is 0 Å². The van der Waals surface area contributed by atoms with Crippen LogP contribution in [0.5, 0.6) is 0 Å². The number of hydrogen-bond donors (Lipinski definition) is 1. The van der Waals surface area contributed by atoms with Crippen LogP contribution in [0.2, 0.25) is 0 Å². The van der Waals surface area contributed by atoms with Gasteiger partial charge in [0.1, 0.15) is 0 Å². The Hall–Kier alpha value is -1.27. The van der Waals surface area contributed by atoms with Crippen molar-refractivity contribution in [1.82, 2.24) is 10.2 Å². The number of alkyl halides is 3. The van der Waals surface area contributed by atoms with Crippen molar-refractivity contribution in [2.75, 3.05) is 37.6 Å². The van der Waals surface area contributed by atoms with Gasteiger partial charge in [-0.3, -0.25) is 4.90 Å². The van der Waals surface area contributed by atoms with Crippen LogP contribution in [0.15, 0.2) is 18.2 Å². The first-order valence-electron chi connectivity index (χ1n) is 9.88. The van der Waals surface area contributed by atoms with Crippen LogP contribution in [-0.4, -0.2) is 43.2 Å². The van der Waals surface area contributed by atoms with Crippen LogP contribution >= 0.6 is 0 Å². The Kier molecular flexibility index (Phi) is 4.90. The highest BCUT2D eigenvalue weighted by atomic mass is 19.4. The minimum Gasteiger partial charge on any atom is -0.372 e. The molecule has 1 spiro atoms. The van der Waals surface area contributed by atoms with Gasteiger partial charge in [0.05, 0.1) is 5.56 Å². The third-order valence-electron chi connectivity index (χ3n) is 6.42. The van der Waals surface area contributed by atoms with Crippen molar-refractivity contribution in [3.05, 3.63) is 29.3 Å². The lowest BCUT2D eigenvalue weighted by atomic mass is 9.85. The smallest absolute Gasteiger partial charge is 0.372 e. The van der Waals surface area contributed by atoms with Gasteiger partial charge in [-0.1, -0.05) is 0 Å². The number of nitrogens with zero attached hydrogens (tertiary/aromatic N) is 2. The second kappa shape index (κ2) is 7.04. The molecule has 144 valence electrons. The molecule has 26 heavy (non-hydrogen) atoms. The first-order valence-corrected chi connectivity index (χ1v) is 9.88. The maximum Gasteiger partial charge on any atom is 0.416 e. The molecule has 0 unspecified atom stereocenters. The lowest BCUT2D eigenvalue weighted by Crippen LogP contribution is -2.50. The molecule has 3 nitrogen and oxygen atoms in total. The number of likely N-dealkylation sites (tertiary alicyclic amines) is 1. The summed E-state index contributed by atoms with van der Waals surface area (Å²) in [5.41, 5.74) is 1.23. The Bertz CT molecular complexity index is 632. The molecular formula is C20H28F3N3. The predicted octanol–water partition coefficient (Wildman–Crippen LogP) is 4.02. The average molecular weight is 367 g/mol. The van der Waals surface area contributed by atoms with E-state index in [1.165, 1.54) is 18.6 Å². The summed E-state index contributed by atoms with van der Waals surface area (Å²) in [5, 5.41) is 3.41. The van der Waals surface area contributed by atoms with Crippen molar-refractivity contribution in [2.24, 2.45) is 0 Å². The molecule has 0 bridgehead atoms. The van der Waals surface area contributed by atoms with E-state index in [1.807, 2.05) is 6.07 Å². The molecule has 0 amide bonds. The largest absolute Gasteiger partial charge is 0.416 e. The fourth-order valence-electron chi connectivity index (χ4n) is 5.01. The van der Waals surface area contributed by atoms with Gasteiger partial charge in [-0.15, -0.1) is 0 Å². The van der Waals surface area contributed by atoms with Gasteiger partial charge >= 0.3 is 6.18 Å². The van der Waals surface area contributed by atoms with Crippen LogP contribution in [-0.2, 0) is 12.7 Å². The van der Waals surface area contributed by atoms with Crippen LogP contribution in [0.4, 0.5) is 18.9 Å². The molecule has 3 heterocycles. The van der Waals surface area contributed by atoms with E-state index in [9.17, 15) is 13.2 Å². The van der Waals surface area contributed by atoms with Crippen molar-refractivity contribution in [2.45, 2.75) is 56.8 Å². The number of benzene rings is 1. The van der Waals surface area contributed by atoms with Gasteiger partial charge in [0.25, 0.3) is 0 Å². The van der Waals surface area contributed by atoms with Gasteiger partial charge in [-0.05, 0) is 81.9 Å². The third-order valence-corrected chi connectivity index (χ3v) is 6.42. The Morgan fingerprint density at radius 3 is 2.35 bits per heavy atom. The molecule has 0 aliphatic carbocycles. The van der Waals surface area contributed by atoms with Crippen LogP contribution < -0.4 is 10.2 Å². The molecule has 3 fully saturated rings. The van der Waals surface area contributed by atoms with Gasteiger partial charge in [-0.2, -0.15) is 13.2 Å². The number of anilines is 1. The molecule has 0 saturated carbocycles. The zero-order chi connectivity index (χ0) is 18.2. The van der Waals surface area contributed by atoms with Crippen molar-refractivity contribution in [3.63, 3.8) is 0 Å². The van der Waals surface area contributed by atoms with Crippen molar-refractivity contribution in [3.8, 4) is 0 Å². The molecular weight excluding hydrogens is 339 g/mol. The Morgan fingerprint density at radius 2 is 1.65 bits per heavy atom. The highest BCUT2D eigenvalue weighted by Crippen LogP contribution is 2.39. The monoisotopic (exact) mass is 367 g/mol. The van der Waals surface area contributed by atoms with Crippen molar-refractivity contribution in [1.29, 1.82) is 0 Å². The van der Waals surface area contributed by atoms with E-state index in [1.54, 1.807) is 0 Å². The van der Waals surface area contributed by atoms with E-state index >= 15 is 0 Å². The Labute approximate surface area is 153 Å². The maximum absolute atomic E-state index is 13.5. The van der Waals surface area contributed by atoms with E-state index in [2.05, 4.69) is 15.1 Å². The lowest BCUT2D eigenvalue weighted by Gasteiger charge is -2.42. The second-order valence-electron chi connectivity index (χ2n) is 8.08. The third kappa shape index (κ3) is 3.58. The maximum atomic E-state index is 13.5.